The van der Waals surface area contributed by atoms with Crippen molar-refractivity contribution < 1.29 is 0 Å². The lowest BCUT2D eigenvalue weighted by Crippen LogP contribution is -2.21. The summed E-state index contributed by atoms with van der Waals surface area (Å²) in [5, 5.41) is 9.25. The molecule has 5 rings (SSSR count). The zero-order chi connectivity index (χ0) is 22.1. The van der Waals surface area contributed by atoms with Gasteiger partial charge in [0.25, 0.3) is 11.3 Å². The fourth-order valence-corrected chi connectivity index (χ4v) is 4.25. The Morgan fingerprint density at radius 1 is 1.03 bits per heavy atom. The van der Waals surface area contributed by atoms with E-state index in [1.54, 1.807) is 21.5 Å². The van der Waals surface area contributed by atoms with Gasteiger partial charge in [-0.25, -0.2) is 9.97 Å². The molecular weight excluding hydrogens is 422 g/mol. The molecule has 0 aliphatic rings. The Morgan fingerprint density at radius 2 is 1.91 bits per heavy atom. The maximum Gasteiger partial charge on any atom is 0.261 e. The van der Waals surface area contributed by atoms with Crippen LogP contribution < -0.4 is 10.9 Å². The molecule has 3 heterocycles. The molecule has 160 valence electrons. The van der Waals surface area contributed by atoms with Crippen molar-refractivity contribution in [2.24, 2.45) is 0 Å². The van der Waals surface area contributed by atoms with Crippen LogP contribution in [-0.2, 0) is 6.54 Å². The Balaban J connectivity index is 1.35. The topological polar surface area (TPSA) is 90.0 Å². The van der Waals surface area contributed by atoms with Crippen molar-refractivity contribution in [3.05, 3.63) is 82.5 Å². The number of anilines is 2. The molecule has 0 aliphatic heterocycles. The third kappa shape index (κ3) is 4.06. The number of nitrogens with zero attached hydrogens (tertiary/aromatic N) is 6. The van der Waals surface area contributed by atoms with E-state index in [0.29, 0.717) is 34.1 Å². The number of hydrogen-bond acceptors (Lipinski definition) is 7. The molecule has 0 atom stereocenters. The molecule has 0 fully saturated rings. The molecular formula is C23H21N7OS. The number of para-hydroxylation sites is 1. The van der Waals surface area contributed by atoms with Crippen molar-refractivity contribution in [1.29, 1.82) is 0 Å². The van der Waals surface area contributed by atoms with Crippen molar-refractivity contribution in [1.82, 2.24) is 29.1 Å². The van der Waals surface area contributed by atoms with E-state index in [4.69, 9.17) is 0 Å². The Hall–Kier alpha value is -3.72. The molecule has 0 saturated heterocycles. The van der Waals surface area contributed by atoms with E-state index in [-0.39, 0.29) is 5.56 Å². The highest BCUT2D eigenvalue weighted by molar-refractivity contribution is 7.99. The molecule has 32 heavy (non-hydrogen) atoms. The normalized spacial score (nSPS) is 11.3. The Labute approximate surface area is 188 Å². The Bertz CT molecular complexity index is 1490. The number of hydrogen-bond donors (Lipinski definition) is 1. The van der Waals surface area contributed by atoms with Crippen LogP contribution in [-0.4, -0.2) is 34.9 Å². The minimum Gasteiger partial charge on any atom is -0.340 e. The summed E-state index contributed by atoms with van der Waals surface area (Å²) in [4.78, 5) is 26.1. The van der Waals surface area contributed by atoms with Crippen LogP contribution in [0.2, 0.25) is 0 Å². The van der Waals surface area contributed by atoms with Crippen molar-refractivity contribution >= 4 is 39.9 Å². The summed E-state index contributed by atoms with van der Waals surface area (Å²) in [7, 11) is 0. The largest absolute Gasteiger partial charge is 0.340 e. The smallest absolute Gasteiger partial charge is 0.261 e. The maximum atomic E-state index is 12.7. The van der Waals surface area contributed by atoms with Gasteiger partial charge in [-0.1, -0.05) is 36.0 Å². The fraction of sp³-hybridized carbons (Fsp3) is 0.174. The standard InChI is InChI=1S/C23H21N7OS/c1-15-6-5-7-17(12-15)26-20-13-16(2)25-22-27-23(28-30(20)22)32-11-10-29-14-24-19-9-4-3-8-18(19)21(29)31/h3-9,12-14,26H,10-11H2,1-2H3. The van der Waals surface area contributed by atoms with Gasteiger partial charge in [-0.15, -0.1) is 5.10 Å². The lowest BCUT2D eigenvalue weighted by Gasteiger charge is -2.09. The summed E-state index contributed by atoms with van der Waals surface area (Å²) in [6.07, 6.45) is 1.59. The Morgan fingerprint density at radius 3 is 2.78 bits per heavy atom. The first kappa shape index (κ1) is 20.2. The first-order chi connectivity index (χ1) is 15.6. The number of benzene rings is 2. The second kappa shape index (κ2) is 8.43. The summed E-state index contributed by atoms with van der Waals surface area (Å²) >= 11 is 1.48. The predicted octanol–water partition coefficient (Wildman–Crippen LogP) is 3.99. The monoisotopic (exact) mass is 443 g/mol. The summed E-state index contributed by atoms with van der Waals surface area (Å²) in [5.74, 6) is 1.97. The van der Waals surface area contributed by atoms with Crippen LogP contribution in [0.5, 0.6) is 0 Å². The average Bonchev–Trinajstić information content (AvgIpc) is 3.18. The van der Waals surface area contributed by atoms with Gasteiger partial charge in [0.1, 0.15) is 5.82 Å². The van der Waals surface area contributed by atoms with Crippen molar-refractivity contribution in [3.63, 3.8) is 0 Å². The van der Waals surface area contributed by atoms with E-state index in [1.807, 2.05) is 43.3 Å². The molecule has 9 heteroatoms. The highest BCUT2D eigenvalue weighted by Gasteiger charge is 2.11. The molecule has 0 radical (unpaired) electrons. The highest BCUT2D eigenvalue weighted by atomic mass is 32.2. The summed E-state index contributed by atoms with van der Waals surface area (Å²) < 4.78 is 3.33. The van der Waals surface area contributed by atoms with E-state index < -0.39 is 0 Å². The molecule has 2 aromatic carbocycles. The van der Waals surface area contributed by atoms with Gasteiger partial charge in [0.05, 0.1) is 17.2 Å². The van der Waals surface area contributed by atoms with E-state index in [0.717, 1.165) is 17.2 Å². The lowest BCUT2D eigenvalue weighted by atomic mass is 10.2. The molecule has 0 aliphatic carbocycles. The highest BCUT2D eigenvalue weighted by Crippen LogP contribution is 2.21. The zero-order valence-corrected chi connectivity index (χ0v) is 18.5. The third-order valence-corrected chi connectivity index (χ3v) is 5.82. The van der Waals surface area contributed by atoms with Gasteiger partial charge in [0.2, 0.25) is 5.16 Å². The second-order valence-corrected chi connectivity index (χ2v) is 8.55. The molecule has 8 nitrogen and oxygen atoms in total. The van der Waals surface area contributed by atoms with E-state index in [1.165, 1.54) is 17.3 Å². The summed E-state index contributed by atoms with van der Waals surface area (Å²) in [5.41, 5.74) is 3.67. The van der Waals surface area contributed by atoms with E-state index >= 15 is 0 Å². The van der Waals surface area contributed by atoms with Gasteiger partial charge in [-0.2, -0.15) is 9.50 Å². The number of aryl methyl sites for hydroxylation is 3. The van der Waals surface area contributed by atoms with Crippen LogP contribution in [0.4, 0.5) is 11.5 Å². The van der Waals surface area contributed by atoms with Gasteiger partial charge in [0, 0.05) is 29.7 Å². The fourth-order valence-electron chi connectivity index (χ4n) is 3.49. The molecule has 0 amide bonds. The van der Waals surface area contributed by atoms with Gasteiger partial charge in [0.15, 0.2) is 0 Å². The molecule has 3 aromatic heterocycles. The second-order valence-electron chi connectivity index (χ2n) is 7.49. The van der Waals surface area contributed by atoms with Crippen LogP contribution in [0, 0.1) is 13.8 Å². The number of rotatable bonds is 6. The third-order valence-electron chi connectivity index (χ3n) is 5.01. The predicted molar refractivity (Wildman–Crippen MR) is 127 cm³/mol. The quantitative estimate of drug-likeness (QED) is 0.397. The van der Waals surface area contributed by atoms with Crippen LogP contribution in [0.1, 0.15) is 11.3 Å². The maximum absolute atomic E-state index is 12.7. The van der Waals surface area contributed by atoms with E-state index in [2.05, 4.69) is 44.4 Å². The molecule has 5 aromatic rings. The SMILES string of the molecule is Cc1cccc(Nc2cc(C)nc3nc(SCCn4cnc5ccccc5c4=O)nn23)c1. The average molecular weight is 444 g/mol. The van der Waals surface area contributed by atoms with Gasteiger partial charge in [-0.3, -0.25) is 9.36 Å². The molecule has 0 unspecified atom stereocenters. The first-order valence-electron chi connectivity index (χ1n) is 10.2. The number of nitrogens with one attached hydrogen (secondary N) is 1. The van der Waals surface area contributed by atoms with Crippen molar-refractivity contribution in [2.75, 3.05) is 11.1 Å². The van der Waals surface area contributed by atoms with Gasteiger partial charge < -0.3 is 5.32 Å². The molecule has 0 spiro atoms. The van der Waals surface area contributed by atoms with Crippen LogP contribution in [0.3, 0.4) is 0 Å². The van der Waals surface area contributed by atoms with Crippen LogP contribution in [0.25, 0.3) is 16.7 Å². The summed E-state index contributed by atoms with van der Waals surface area (Å²) in [6, 6.07) is 17.5. The molecule has 1 N–H and O–H groups in total. The van der Waals surface area contributed by atoms with Gasteiger partial charge >= 0.3 is 0 Å². The lowest BCUT2D eigenvalue weighted by molar-refractivity contribution is 0.724. The minimum absolute atomic E-state index is 0.0407. The molecule has 0 bridgehead atoms. The Kier molecular flexibility index (Phi) is 5.32. The number of fused-ring (bicyclic) bond motifs is 2. The number of thioether (sulfide) groups is 1. The zero-order valence-electron chi connectivity index (χ0n) is 17.7. The minimum atomic E-state index is -0.0407. The van der Waals surface area contributed by atoms with Crippen LogP contribution >= 0.6 is 11.8 Å². The van der Waals surface area contributed by atoms with Gasteiger partial charge in [-0.05, 0) is 43.7 Å². The number of aromatic nitrogens is 6. The molecule has 0 saturated carbocycles. The summed E-state index contributed by atoms with van der Waals surface area (Å²) in [6.45, 7) is 4.50. The van der Waals surface area contributed by atoms with Crippen LogP contribution in [0.15, 0.2) is 70.9 Å². The van der Waals surface area contributed by atoms with Crippen molar-refractivity contribution in [3.8, 4) is 0 Å². The van der Waals surface area contributed by atoms with Crippen molar-refractivity contribution in [2.45, 2.75) is 25.5 Å². The first-order valence-corrected chi connectivity index (χ1v) is 11.2. The van der Waals surface area contributed by atoms with E-state index in [9.17, 15) is 4.79 Å².